The van der Waals surface area contributed by atoms with Crippen LogP contribution in [0.15, 0.2) is 66.7 Å². The minimum absolute atomic E-state index is 1.26. The van der Waals surface area contributed by atoms with E-state index in [1.165, 1.54) is 36.7 Å². The Morgan fingerprint density at radius 2 is 1.26 bits per heavy atom. The Labute approximate surface area is 120 Å². The molecule has 0 nitrogen and oxygen atoms in total. The summed E-state index contributed by atoms with van der Waals surface area (Å²) in [7, 11) is 0. The molecular formula is C18H11Al. The number of hydrogen-bond donors (Lipinski definition) is 0. The maximum absolute atomic E-state index is 2.85. The van der Waals surface area contributed by atoms with Crippen molar-refractivity contribution >= 4 is 53.0 Å². The third kappa shape index (κ3) is 1.67. The molecule has 0 spiro atoms. The van der Waals surface area contributed by atoms with Crippen LogP contribution in [0.2, 0.25) is 0 Å². The van der Waals surface area contributed by atoms with Crippen LogP contribution in [0.1, 0.15) is 0 Å². The lowest BCUT2D eigenvalue weighted by Gasteiger charge is -2.09. The van der Waals surface area contributed by atoms with Gasteiger partial charge in [-0.15, -0.1) is 4.43 Å². The van der Waals surface area contributed by atoms with E-state index in [0.29, 0.717) is 0 Å². The molecule has 0 N–H and O–H groups in total. The lowest BCUT2D eigenvalue weighted by Crippen LogP contribution is -2.03. The van der Waals surface area contributed by atoms with E-state index in [1.54, 1.807) is 0 Å². The van der Waals surface area contributed by atoms with Gasteiger partial charge in [-0.05, 0) is 44.5 Å². The summed E-state index contributed by atoms with van der Waals surface area (Å²) in [5.41, 5.74) is 0. The monoisotopic (exact) mass is 254 g/mol. The minimum atomic E-state index is 1.26. The Balaban J connectivity index is 2.29. The molecule has 4 aromatic rings. The highest BCUT2D eigenvalue weighted by Crippen LogP contribution is 2.28. The molecule has 0 saturated heterocycles. The highest BCUT2D eigenvalue weighted by atomic mass is 27.0. The second-order valence-electron chi connectivity index (χ2n) is 4.93. The molecule has 0 bridgehead atoms. The molecule has 0 amide bonds. The Hall–Kier alpha value is -1.81. The van der Waals surface area contributed by atoms with Crippen molar-refractivity contribution in [3.8, 4) is 0 Å². The maximum atomic E-state index is 2.85. The van der Waals surface area contributed by atoms with E-state index in [9.17, 15) is 0 Å². The van der Waals surface area contributed by atoms with Gasteiger partial charge in [0.2, 0.25) is 0 Å². The fourth-order valence-corrected chi connectivity index (χ4v) is 3.26. The summed E-state index contributed by atoms with van der Waals surface area (Å²) < 4.78 is 1.26. The molecule has 0 aliphatic heterocycles. The van der Waals surface area contributed by atoms with Crippen LogP contribution in [0, 0.1) is 0 Å². The quantitative estimate of drug-likeness (QED) is 0.253. The van der Waals surface area contributed by atoms with E-state index < -0.39 is 0 Å². The third-order valence-corrected chi connectivity index (χ3v) is 4.24. The standard InChI is InChI=1S/C18H11.Al/c1-2-7-15-12-18-16(11-14(15)6-1)10-9-13-5-3-4-8-17(13)18;/h1-7,9-12H;. The van der Waals surface area contributed by atoms with Gasteiger partial charge in [0.05, 0.1) is 0 Å². The summed E-state index contributed by atoms with van der Waals surface area (Å²) in [6, 6.07) is 24.0. The topological polar surface area (TPSA) is 0 Å². The largest absolute Gasteiger partial charge is 0.176 e. The van der Waals surface area contributed by atoms with E-state index in [4.69, 9.17) is 0 Å². The Bertz CT molecular complexity index is 922. The van der Waals surface area contributed by atoms with Gasteiger partial charge in [0.1, 0.15) is 0 Å². The molecule has 4 aromatic carbocycles. The summed E-state index contributed by atoms with van der Waals surface area (Å²) in [5, 5.41) is 7.89. The third-order valence-electron chi connectivity index (χ3n) is 3.76. The molecular weight excluding hydrogens is 243 g/mol. The molecule has 0 atom stereocenters. The Kier molecular flexibility index (Phi) is 2.39. The van der Waals surface area contributed by atoms with Crippen molar-refractivity contribution in [2.75, 3.05) is 0 Å². The van der Waals surface area contributed by atoms with Gasteiger partial charge in [0.15, 0.2) is 16.3 Å². The van der Waals surface area contributed by atoms with Crippen molar-refractivity contribution in [3.05, 3.63) is 66.7 Å². The van der Waals surface area contributed by atoms with Gasteiger partial charge >= 0.3 is 0 Å². The first kappa shape index (κ1) is 11.1. The first-order valence-electron chi connectivity index (χ1n) is 6.43. The predicted molar refractivity (Wildman–Crippen MR) is 84.3 cm³/mol. The summed E-state index contributed by atoms with van der Waals surface area (Å²) >= 11 is 2.85. The molecule has 0 unspecified atom stereocenters. The van der Waals surface area contributed by atoms with Crippen molar-refractivity contribution < 1.29 is 0 Å². The van der Waals surface area contributed by atoms with E-state index in [1.807, 2.05) is 0 Å². The van der Waals surface area contributed by atoms with Gasteiger partial charge in [-0.2, -0.15) is 0 Å². The molecule has 4 rings (SSSR count). The molecule has 0 aliphatic rings. The second kappa shape index (κ2) is 4.10. The van der Waals surface area contributed by atoms with E-state index in [-0.39, 0.29) is 0 Å². The first-order valence-corrected chi connectivity index (χ1v) is 7.00. The van der Waals surface area contributed by atoms with Crippen LogP contribution in [0.3, 0.4) is 0 Å². The van der Waals surface area contributed by atoms with Crippen LogP contribution in [-0.2, 0) is 0 Å². The van der Waals surface area contributed by atoms with Gasteiger partial charge in [0.25, 0.3) is 0 Å². The Morgan fingerprint density at radius 1 is 0.579 bits per heavy atom. The zero-order valence-electron chi connectivity index (χ0n) is 10.4. The van der Waals surface area contributed by atoms with Crippen molar-refractivity contribution in [2.24, 2.45) is 0 Å². The molecule has 2 radical (unpaired) electrons. The summed E-state index contributed by atoms with van der Waals surface area (Å²) in [5.74, 6) is 0. The second-order valence-corrected chi connectivity index (χ2v) is 5.55. The molecule has 0 heterocycles. The van der Waals surface area contributed by atoms with E-state index in [0.717, 1.165) is 0 Å². The lowest BCUT2D eigenvalue weighted by atomic mass is 9.98. The lowest BCUT2D eigenvalue weighted by molar-refractivity contribution is 1.79. The van der Waals surface area contributed by atoms with E-state index >= 15 is 0 Å². The summed E-state index contributed by atoms with van der Waals surface area (Å²) in [6.45, 7) is 0. The van der Waals surface area contributed by atoms with Crippen molar-refractivity contribution in [3.63, 3.8) is 0 Å². The number of hydrogen-bond acceptors (Lipinski definition) is 0. The van der Waals surface area contributed by atoms with Crippen molar-refractivity contribution in [1.82, 2.24) is 0 Å². The normalized spacial score (nSPS) is 11.4. The average Bonchev–Trinajstić information content (AvgIpc) is 2.45. The molecule has 0 aliphatic carbocycles. The Morgan fingerprint density at radius 3 is 2.11 bits per heavy atom. The van der Waals surface area contributed by atoms with Crippen LogP contribution in [-0.4, -0.2) is 16.3 Å². The zero-order chi connectivity index (χ0) is 12.8. The molecule has 86 valence electrons. The van der Waals surface area contributed by atoms with Crippen LogP contribution < -0.4 is 4.43 Å². The summed E-state index contributed by atoms with van der Waals surface area (Å²) in [6.07, 6.45) is 0. The minimum Gasteiger partial charge on any atom is -0.131 e. The fourth-order valence-electron chi connectivity index (χ4n) is 2.83. The first-order chi connectivity index (χ1) is 9.33. The SMILES string of the molecule is [Al][c]1cccc2ccc3cc4ccccc4cc3c12. The van der Waals surface area contributed by atoms with Crippen molar-refractivity contribution in [2.45, 2.75) is 0 Å². The van der Waals surface area contributed by atoms with Crippen molar-refractivity contribution in [1.29, 1.82) is 0 Å². The predicted octanol–water partition coefficient (Wildman–Crippen LogP) is 3.94. The highest BCUT2D eigenvalue weighted by Gasteiger charge is 2.03. The number of rotatable bonds is 0. The smallest absolute Gasteiger partial charge is 0.131 e. The van der Waals surface area contributed by atoms with E-state index in [2.05, 4.69) is 83.0 Å². The number of fused-ring (bicyclic) bond motifs is 4. The number of benzene rings is 4. The van der Waals surface area contributed by atoms with Gasteiger partial charge in [-0.25, -0.2) is 0 Å². The molecule has 0 saturated carbocycles. The van der Waals surface area contributed by atoms with Crippen LogP contribution in [0.5, 0.6) is 0 Å². The molecule has 1 heteroatoms. The maximum Gasteiger partial charge on any atom is 0.176 e. The highest BCUT2D eigenvalue weighted by molar-refractivity contribution is 6.41. The zero-order valence-corrected chi connectivity index (χ0v) is 11.6. The van der Waals surface area contributed by atoms with Gasteiger partial charge in [-0.3, -0.25) is 0 Å². The summed E-state index contributed by atoms with van der Waals surface area (Å²) in [4.78, 5) is 0. The average molecular weight is 254 g/mol. The molecule has 19 heavy (non-hydrogen) atoms. The molecule has 0 aromatic heterocycles. The fraction of sp³-hybridized carbons (Fsp3) is 0. The molecule has 0 fully saturated rings. The van der Waals surface area contributed by atoms with Crippen LogP contribution in [0.25, 0.3) is 32.3 Å². The van der Waals surface area contributed by atoms with Crippen LogP contribution in [0.4, 0.5) is 0 Å². The van der Waals surface area contributed by atoms with Crippen LogP contribution >= 0.6 is 0 Å². The van der Waals surface area contributed by atoms with Gasteiger partial charge in [0, 0.05) is 0 Å². The van der Waals surface area contributed by atoms with Gasteiger partial charge < -0.3 is 0 Å². The van der Waals surface area contributed by atoms with Gasteiger partial charge in [-0.1, -0.05) is 54.6 Å².